The topological polar surface area (TPSA) is 78.3 Å². The Morgan fingerprint density at radius 1 is 1.32 bits per heavy atom. The third-order valence-electron chi connectivity index (χ3n) is 4.09. The van der Waals surface area contributed by atoms with Crippen molar-refractivity contribution in [2.24, 2.45) is 0 Å². The van der Waals surface area contributed by atoms with E-state index in [0.717, 1.165) is 22.7 Å². The number of benzene rings is 1. The molecule has 132 valence electrons. The second-order valence-electron chi connectivity index (χ2n) is 5.94. The van der Waals surface area contributed by atoms with Gasteiger partial charge in [-0.1, -0.05) is 12.1 Å². The fraction of sp³-hybridized carbons (Fsp3) is 0.389. The molecule has 0 bridgehead atoms. The predicted octanol–water partition coefficient (Wildman–Crippen LogP) is 2.68. The molecule has 1 aromatic heterocycles. The van der Waals surface area contributed by atoms with Gasteiger partial charge in [0, 0.05) is 30.6 Å². The van der Waals surface area contributed by atoms with Gasteiger partial charge in [-0.25, -0.2) is 4.98 Å². The third kappa shape index (κ3) is 4.87. The zero-order chi connectivity index (χ0) is 17.6. The summed E-state index contributed by atoms with van der Waals surface area (Å²) in [5.74, 6) is 0.478. The van der Waals surface area contributed by atoms with E-state index >= 15 is 0 Å². The number of aromatic nitrogens is 1. The van der Waals surface area contributed by atoms with Crippen molar-refractivity contribution in [1.29, 1.82) is 5.41 Å². The van der Waals surface area contributed by atoms with Crippen LogP contribution in [0.1, 0.15) is 22.7 Å². The van der Waals surface area contributed by atoms with Gasteiger partial charge in [0.1, 0.15) is 11.5 Å². The molecule has 0 spiro atoms. The first-order chi connectivity index (χ1) is 12.1. The van der Waals surface area contributed by atoms with Crippen LogP contribution >= 0.6 is 11.3 Å². The summed E-state index contributed by atoms with van der Waals surface area (Å²) >= 11 is 1.53. The Kier molecular flexibility index (Phi) is 5.78. The van der Waals surface area contributed by atoms with Gasteiger partial charge in [-0.2, -0.15) is 0 Å². The van der Waals surface area contributed by atoms with Gasteiger partial charge < -0.3 is 15.0 Å². The molecule has 0 atom stereocenters. The summed E-state index contributed by atoms with van der Waals surface area (Å²) in [6.07, 6.45) is 1.24. The van der Waals surface area contributed by atoms with E-state index in [0.29, 0.717) is 44.3 Å². The molecule has 0 unspecified atom stereocenters. The molecule has 1 aliphatic rings. The minimum absolute atomic E-state index is 0.186. The number of nitrogens with zero attached hydrogens (tertiary/aromatic N) is 2. The summed E-state index contributed by atoms with van der Waals surface area (Å²) in [5, 5.41) is 13.9. The zero-order valence-electron chi connectivity index (χ0n) is 14.2. The number of hydrogen-bond acceptors (Lipinski definition) is 5. The molecule has 2 N–H and O–H groups in total. The number of anilines is 1. The number of hydrogen-bond donors (Lipinski definition) is 2. The van der Waals surface area contributed by atoms with Crippen LogP contribution in [0.5, 0.6) is 0 Å². The fourth-order valence-corrected chi connectivity index (χ4v) is 3.27. The minimum Gasteiger partial charge on any atom is -0.378 e. The molecule has 7 heteroatoms. The van der Waals surface area contributed by atoms with E-state index in [4.69, 9.17) is 10.1 Å². The minimum atomic E-state index is 0.186. The Bertz CT molecular complexity index is 736. The lowest BCUT2D eigenvalue weighted by Gasteiger charge is -2.26. The van der Waals surface area contributed by atoms with Crippen molar-refractivity contribution in [3.63, 3.8) is 0 Å². The van der Waals surface area contributed by atoms with E-state index in [1.54, 1.807) is 0 Å². The number of rotatable bonds is 5. The number of aryl methyl sites for hydroxylation is 2. The highest BCUT2D eigenvalue weighted by Gasteiger charge is 2.16. The average Bonchev–Trinajstić information content (AvgIpc) is 3.08. The van der Waals surface area contributed by atoms with Crippen molar-refractivity contribution >= 4 is 28.8 Å². The third-order valence-corrected chi connectivity index (χ3v) is 4.86. The number of ether oxygens (including phenoxy) is 1. The molecule has 3 rings (SSSR count). The molecule has 2 aromatic rings. The van der Waals surface area contributed by atoms with Crippen LogP contribution < -0.4 is 5.32 Å². The lowest BCUT2D eigenvalue weighted by atomic mass is 10.1. The Labute approximate surface area is 151 Å². The Morgan fingerprint density at radius 3 is 2.68 bits per heavy atom. The van der Waals surface area contributed by atoms with E-state index in [-0.39, 0.29) is 5.91 Å². The van der Waals surface area contributed by atoms with Crippen LogP contribution in [0.4, 0.5) is 5.69 Å². The zero-order valence-corrected chi connectivity index (χ0v) is 15.1. The second-order valence-corrected chi connectivity index (χ2v) is 7.00. The van der Waals surface area contributed by atoms with Crippen LogP contribution in [0, 0.1) is 12.3 Å². The first-order valence-electron chi connectivity index (χ1n) is 8.34. The number of morpholine rings is 1. The number of carbonyl (C=O) groups excluding carboxylic acids is 1. The van der Waals surface area contributed by atoms with Crippen LogP contribution in [-0.2, 0) is 16.0 Å². The first kappa shape index (κ1) is 17.6. The van der Waals surface area contributed by atoms with Gasteiger partial charge in [0.15, 0.2) is 0 Å². The lowest BCUT2D eigenvalue weighted by molar-refractivity contribution is -0.135. The number of amidine groups is 1. The monoisotopic (exact) mass is 358 g/mol. The van der Waals surface area contributed by atoms with Crippen molar-refractivity contribution in [3.8, 4) is 0 Å². The van der Waals surface area contributed by atoms with Gasteiger partial charge >= 0.3 is 0 Å². The Hall–Kier alpha value is -2.25. The average molecular weight is 358 g/mol. The molecule has 25 heavy (non-hydrogen) atoms. The standard InChI is InChI=1S/C18H22N4O2S/c1-13-20-16(12-25-13)18(19)21-15-5-2-14(3-6-15)4-7-17(23)22-8-10-24-11-9-22/h2-3,5-6,12H,4,7-11H2,1H3,(H2,19,21). The highest BCUT2D eigenvalue weighted by Crippen LogP contribution is 2.14. The quantitative estimate of drug-likeness (QED) is 0.636. The van der Waals surface area contributed by atoms with Gasteiger partial charge in [0.05, 0.1) is 18.2 Å². The summed E-state index contributed by atoms with van der Waals surface area (Å²) in [7, 11) is 0. The second kappa shape index (κ2) is 8.22. The number of thiazole rings is 1. The molecule has 1 aromatic carbocycles. The van der Waals surface area contributed by atoms with E-state index < -0.39 is 0 Å². The van der Waals surface area contributed by atoms with Crippen molar-refractivity contribution in [3.05, 3.63) is 45.9 Å². The van der Waals surface area contributed by atoms with Gasteiger partial charge in [-0.3, -0.25) is 10.2 Å². The van der Waals surface area contributed by atoms with Crippen molar-refractivity contribution in [2.45, 2.75) is 19.8 Å². The molecular formula is C18H22N4O2S. The maximum atomic E-state index is 12.2. The summed E-state index contributed by atoms with van der Waals surface area (Å²) in [4.78, 5) is 18.3. The molecule has 1 saturated heterocycles. The van der Waals surface area contributed by atoms with Crippen LogP contribution in [0.2, 0.25) is 0 Å². The van der Waals surface area contributed by atoms with E-state index in [1.807, 2.05) is 41.5 Å². The van der Waals surface area contributed by atoms with Gasteiger partial charge in [-0.05, 0) is 31.0 Å². The molecule has 6 nitrogen and oxygen atoms in total. The predicted molar refractivity (Wildman–Crippen MR) is 99.5 cm³/mol. The summed E-state index contributed by atoms with van der Waals surface area (Å²) < 4.78 is 5.27. The molecule has 0 radical (unpaired) electrons. The van der Waals surface area contributed by atoms with Crippen molar-refractivity contribution in [2.75, 3.05) is 31.6 Å². The van der Waals surface area contributed by atoms with Gasteiger partial charge in [0.2, 0.25) is 5.91 Å². The molecule has 1 fully saturated rings. The summed E-state index contributed by atoms with van der Waals surface area (Å²) in [5.41, 5.74) is 2.62. The van der Waals surface area contributed by atoms with Gasteiger partial charge in [-0.15, -0.1) is 11.3 Å². The number of nitrogens with one attached hydrogen (secondary N) is 2. The van der Waals surface area contributed by atoms with Gasteiger partial charge in [0.25, 0.3) is 0 Å². The summed E-state index contributed by atoms with van der Waals surface area (Å²) in [6, 6.07) is 7.85. The molecule has 1 amide bonds. The van der Waals surface area contributed by atoms with Crippen LogP contribution in [-0.4, -0.2) is 47.9 Å². The molecular weight excluding hydrogens is 336 g/mol. The Morgan fingerprint density at radius 2 is 2.04 bits per heavy atom. The van der Waals surface area contributed by atoms with E-state index in [1.165, 1.54) is 11.3 Å². The van der Waals surface area contributed by atoms with Crippen molar-refractivity contribution < 1.29 is 9.53 Å². The Balaban J connectivity index is 1.50. The normalized spacial score (nSPS) is 14.4. The van der Waals surface area contributed by atoms with Crippen LogP contribution in [0.25, 0.3) is 0 Å². The lowest BCUT2D eigenvalue weighted by Crippen LogP contribution is -2.40. The summed E-state index contributed by atoms with van der Waals surface area (Å²) in [6.45, 7) is 4.58. The SMILES string of the molecule is Cc1nc(C(=N)Nc2ccc(CCC(=O)N3CCOCC3)cc2)cs1. The number of amides is 1. The van der Waals surface area contributed by atoms with E-state index in [2.05, 4.69) is 10.3 Å². The van der Waals surface area contributed by atoms with Crippen molar-refractivity contribution in [1.82, 2.24) is 9.88 Å². The number of carbonyl (C=O) groups is 1. The fourth-order valence-electron chi connectivity index (χ4n) is 2.66. The highest BCUT2D eigenvalue weighted by molar-refractivity contribution is 7.09. The largest absolute Gasteiger partial charge is 0.378 e. The molecule has 0 aliphatic carbocycles. The maximum absolute atomic E-state index is 12.2. The highest BCUT2D eigenvalue weighted by atomic mass is 32.1. The first-order valence-corrected chi connectivity index (χ1v) is 9.22. The molecule has 0 saturated carbocycles. The molecule has 1 aliphatic heterocycles. The van der Waals surface area contributed by atoms with Crippen LogP contribution in [0.15, 0.2) is 29.6 Å². The smallest absolute Gasteiger partial charge is 0.223 e. The van der Waals surface area contributed by atoms with E-state index in [9.17, 15) is 4.79 Å². The molecule has 2 heterocycles. The van der Waals surface area contributed by atoms with Crippen LogP contribution in [0.3, 0.4) is 0 Å². The maximum Gasteiger partial charge on any atom is 0.223 e.